The molecule has 0 aliphatic carbocycles. The summed E-state index contributed by atoms with van der Waals surface area (Å²) in [6, 6.07) is -0.918. The highest BCUT2D eigenvalue weighted by Crippen LogP contribution is 2.29. The average molecular weight is 517 g/mol. The number of unbranched alkanes of at least 4 members (excludes halogenated alkanes) is 13. The van der Waals surface area contributed by atoms with Crippen LogP contribution < -0.4 is 5.32 Å². The maximum Gasteiger partial charge on any atom is 0.325 e. The van der Waals surface area contributed by atoms with Crippen LogP contribution in [0, 0.1) is 0 Å². The van der Waals surface area contributed by atoms with Crippen LogP contribution in [0.3, 0.4) is 0 Å². The number of aliphatic imine (C=N–C) groups is 1. The summed E-state index contributed by atoms with van der Waals surface area (Å²) in [5, 5.41) is 13.0. The first kappa shape index (κ1) is 29.2. The molecule has 2 rings (SSSR count). The maximum atomic E-state index is 12.6. The molecule has 0 aromatic carbocycles. The molecule has 2 aliphatic rings. The fourth-order valence-electron chi connectivity index (χ4n) is 4.55. The second kappa shape index (κ2) is 16.6. The lowest BCUT2D eigenvalue weighted by Crippen LogP contribution is -2.63. The third-order valence-corrected chi connectivity index (χ3v) is 8.16. The lowest BCUT2D eigenvalue weighted by Gasteiger charge is -2.36. The summed E-state index contributed by atoms with van der Waals surface area (Å²) < 4.78 is 0. The molecule has 196 valence electrons. The van der Waals surface area contributed by atoms with Crippen molar-refractivity contribution in [1.29, 1.82) is 0 Å². The molecule has 0 spiro atoms. The van der Waals surface area contributed by atoms with E-state index in [1.165, 1.54) is 93.7 Å². The Bertz CT molecular complexity index is 652. The molecule has 3 amide bonds. The van der Waals surface area contributed by atoms with Gasteiger partial charge in [0, 0.05) is 25.2 Å². The normalized spacial score (nSPS) is 21.0. The van der Waals surface area contributed by atoms with Gasteiger partial charge >= 0.3 is 6.03 Å². The van der Waals surface area contributed by atoms with Gasteiger partial charge in [0.25, 0.3) is 5.91 Å². The fourth-order valence-corrected chi connectivity index (χ4v) is 5.80. The number of aliphatic hydroxyl groups is 1. The van der Waals surface area contributed by atoms with Crippen LogP contribution in [0.2, 0.25) is 0 Å². The van der Waals surface area contributed by atoms with Gasteiger partial charge in [0.05, 0.1) is 6.10 Å². The summed E-state index contributed by atoms with van der Waals surface area (Å²) in [5.74, 6) is 0.275. The van der Waals surface area contributed by atoms with E-state index >= 15 is 0 Å². The number of thioether (sulfide) groups is 1. The number of imide groups is 1. The van der Waals surface area contributed by atoms with Gasteiger partial charge in [-0.15, -0.1) is 11.6 Å². The molecule has 3 unspecified atom stereocenters. The Balaban J connectivity index is 1.65. The highest BCUT2D eigenvalue weighted by Gasteiger charge is 2.48. The molecule has 0 saturated carbocycles. The second-order valence-electron chi connectivity index (χ2n) is 9.58. The summed E-state index contributed by atoms with van der Waals surface area (Å²) in [5.41, 5.74) is 0. The average Bonchev–Trinajstić information content (AvgIpc) is 3.20. The Morgan fingerprint density at radius 2 is 1.50 bits per heavy atom. The van der Waals surface area contributed by atoms with Crippen molar-refractivity contribution in [1.82, 2.24) is 15.1 Å². The molecule has 1 saturated heterocycles. The van der Waals surface area contributed by atoms with E-state index in [1.807, 2.05) is 4.90 Å². The van der Waals surface area contributed by atoms with Gasteiger partial charge in [0.15, 0.2) is 17.4 Å². The number of rotatable bonds is 18. The molecular weight excluding hydrogens is 472 g/mol. The van der Waals surface area contributed by atoms with Crippen molar-refractivity contribution in [2.24, 2.45) is 4.99 Å². The van der Waals surface area contributed by atoms with Crippen molar-refractivity contribution >= 4 is 40.5 Å². The van der Waals surface area contributed by atoms with Gasteiger partial charge in [-0.2, -0.15) is 0 Å². The molecule has 34 heavy (non-hydrogen) atoms. The van der Waals surface area contributed by atoms with Crippen molar-refractivity contribution in [2.75, 3.05) is 25.2 Å². The molecule has 3 atom stereocenters. The number of nitrogens with zero attached hydrogens (tertiary/aromatic N) is 3. The number of alkyl halides is 1. The van der Waals surface area contributed by atoms with Crippen LogP contribution in [0.4, 0.5) is 4.79 Å². The van der Waals surface area contributed by atoms with E-state index < -0.39 is 24.3 Å². The number of hydrogen-bond donors (Lipinski definition) is 2. The van der Waals surface area contributed by atoms with Crippen molar-refractivity contribution in [3.8, 4) is 0 Å². The van der Waals surface area contributed by atoms with Crippen LogP contribution in [0.1, 0.15) is 96.8 Å². The highest BCUT2D eigenvalue weighted by atomic mass is 35.5. The molecule has 2 N–H and O–H groups in total. The zero-order valence-electron chi connectivity index (χ0n) is 21.1. The minimum atomic E-state index is -0.631. The van der Waals surface area contributed by atoms with Crippen molar-refractivity contribution < 1.29 is 14.7 Å². The molecule has 0 aromatic heterocycles. The lowest BCUT2D eigenvalue weighted by atomic mass is 10.0. The number of halogens is 1. The largest absolute Gasteiger partial charge is 0.391 e. The topological polar surface area (TPSA) is 85.2 Å². The molecule has 1 fully saturated rings. The van der Waals surface area contributed by atoms with E-state index in [-0.39, 0.29) is 11.8 Å². The number of amidine groups is 1. The van der Waals surface area contributed by atoms with Crippen LogP contribution in [0.15, 0.2) is 4.99 Å². The van der Waals surface area contributed by atoms with Crippen LogP contribution in [0.5, 0.6) is 0 Å². The molecule has 0 bridgehead atoms. The first-order valence-electron chi connectivity index (χ1n) is 13.3. The Kier molecular flexibility index (Phi) is 14.3. The number of urea groups is 1. The van der Waals surface area contributed by atoms with E-state index in [0.717, 1.165) is 19.4 Å². The Morgan fingerprint density at radius 3 is 2.03 bits per heavy atom. The van der Waals surface area contributed by atoms with E-state index in [9.17, 15) is 14.7 Å². The van der Waals surface area contributed by atoms with Gasteiger partial charge in [0.1, 0.15) is 0 Å². The zero-order chi connectivity index (χ0) is 24.8. The third-order valence-electron chi connectivity index (χ3n) is 6.66. The van der Waals surface area contributed by atoms with Crippen molar-refractivity contribution in [3.05, 3.63) is 0 Å². The molecule has 0 radical (unpaired) electrons. The van der Waals surface area contributed by atoms with Crippen LogP contribution in [0.25, 0.3) is 0 Å². The van der Waals surface area contributed by atoms with Crippen molar-refractivity contribution in [3.63, 3.8) is 0 Å². The summed E-state index contributed by atoms with van der Waals surface area (Å²) in [6.45, 7) is 2.98. The third kappa shape index (κ3) is 9.57. The van der Waals surface area contributed by atoms with Crippen LogP contribution in [-0.4, -0.2) is 75.5 Å². The number of fused-ring (bicyclic) bond motifs is 1. The van der Waals surface area contributed by atoms with E-state index in [1.54, 1.807) is 7.05 Å². The number of amides is 3. The Hall–Kier alpha value is -0.990. The van der Waals surface area contributed by atoms with Gasteiger partial charge in [-0.3, -0.25) is 10.1 Å². The molecule has 0 aromatic rings. The van der Waals surface area contributed by atoms with E-state index in [4.69, 9.17) is 11.6 Å². The minimum Gasteiger partial charge on any atom is -0.391 e. The number of likely N-dealkylation sites (N-methyl/N-ethyl adjacent to an activating group) is 1. The molecule has 2 aliphatic heterocycles. The zero-order valence-corrected chi connectivity index (χ0v) is 22.7. The maximum absolute atomic E-state index is 12.6. The molecule has 9 heteroatoms. The van der Waals surface area contributed by atoms with Gasteiger partial charge in [-0.05, 0) is 6.42 Å². The number of carbonyl (C=O) groups excluding carboxylic acids is 2. The number of carbonyl (C=O) groups is 2. The highest BCUT2D eigenvalue weighted by molar-refractivity contribution is 8.13. The molecular formula is C25H45ClN4O3S. The first-order valence-corrected chi connectivity index (χ1v) is 14.8. The number of hydrogen-bond acceptors (Lipinski definition) is 6. The summed E-state index contributed by atoms with van der Waals surface area (Å²) in [4.78, 5) is 32.7. The predicted molar refractivity (Wildman–Crippen MR) is 143 cm³/mol. The van der Waals surface area contributed by atoms with Gasteiger partial charge in [0.2, 0.25) is 0 Å². The second-order valence-corrected chi connectivity index (χ2v) is 10.9. The number of aliphatic hydroxyl groups excluding tert-OH is 1. The summed E-state index contributed by atoms with van der Waals surface area (Å²) >= 11 is 7.14. The quantitative estimate of drug-likeness (QED) is 0.189. The smallest absolute Gasteiger partial charge is 0.325 e. The standard InChI is InChI=1S/C25H45ClN4O3S/c1-3-4-5-6-7-8-9-10-11-12-13-14-15-16-17-30-21-22(29(2)24(33)28-23(21)32)27-25(30)34-19-20(31)18-26/h20-22,31H,3-19H2,1-2H3,(H,28,32,33). The monoisotopic (exact) mass is 516 g/mol. The first-order chi connectivity index (χ1) is 16.5. The van der Waals surface area contributed by atoms with E-state index in [2.05, 4.69) is 17.2 Å². The Labute approximate surface area is 215 Å². The molecule has 7 nitrogen and oxygen atoms in total. The lowest BCUT2D eigenvalue weighted by molar-refractivity contribution is -0.127. The summed E-state index contributed by atoms with van der Waals surface area (Å²) in [7, 11) is 1.66. The van der Waals surface area contributed by atoms with E-state index in [0.29, 0.717) is 10.9 Å². The van der Waals surface area contributed by atoms with Gasteiger partial charge in [-0.25, -0.2) is 9.79 Å². The summed E-state index contributed by atoms with van der Waals surface area (Å²) in [6.07, 6.45) is 17.1. The van der Waals surface area contributed by atoms with Crippen LogP contribution >= 0.6 is 23.4 Å². The Morgan fingerprint density at radius 1 is 0.971 bits per heavy atom. The number of nitrogens with one attached hydrogen (secondary N) is 1. The van der Waals surface area contributed by atoms with Gasteiger partial charge < -0.3 is 14.9 Å². The van der Waals surface area contributed by atoms with Crippen LogP contribution in [-0.2, 0) is 4.79 Å². The SMILES string of the molecule is CCCCCCCCCCCCCCCCN1C(SCC(O)CCl)=NC2C1C(=O)NC(=O)N2C. The predicted octanol–water partition coefficient (Wildman–Crippen LogP) is 5.35. The van der Waals surface area contributed by atoms with Gasteiger partial charge in [-0.1, -0.05) is 102 Å². The fraction of sp³-hybridized carbons (Fsp3) is 0.880. The minimum absolute atomic E-state index is 0.158. The molecule has 2 heterocycles. The van der Waals surface area contributed by atoms with Crippen molar-refractivity contribution in [2.45, 2.75) is 115 Å².